The second-order valence-corrected chi connectivity index (χ2v) is 2.46. The van der Waals surface area contributed by atoms with E-state index in [-0.39, 0.29) is 6.42 Å². The Labute approximate surface area is 75.5 Å². The minimum atomic E-state index is 0.280. The SMILES string of the molecule is COc1cc(N=O)ccc1CC=O. The van der Waals surface area contributed by atoms with Crippen LogP contribution in [-0.4, -0.2) is 13.4 Å². The zero-order valence-electron chi connectivity index (χ0n) is 7.19. The van der Waals surface area contributed by atoms with Crippen LogP contribution in [0.25, 0.3) is 0 Å². The first kappa shape index (κ1) is 9.38. The summed E-state index contributed by atoms with van der Waals surface area (Å²) in [5.74, 6) is 0.518. The molecular formula is C9H9NO3. The minimum absolute atomic E-state index is 0.280. The van der Waals surface area contributed by atoms with Gasteiger partial charge in [0.15, 0.2) is 0 Å². The van der Waals surface area contributed by atoms with Gasteiger partial charge in [0.05, 0.1) is 7.11 Å². The molecule has 0 amide bonds. The maximum Gasteiger partial charge on any atom is 0.124 e. The van der Waals surface area contributed by atoms with Gasteiger partial charge in [0.1, 0.15) is 17.7 Å². The van der Waals surface area contributed by atoms with Crippen molar-refractivity contribution in [3.63, 3.8) is 0 Å². The fourth-order valence-corrected chi connectivity index (χ4v) is 1.05. The molecule has 13 heavy (non-hydrogen) atoms. The highest BCUT2D eigenvalue weighted by atomic mass is 16.5. The van der Waals surface area contributed by atoms with Crippen molar-refractivity contribution in [1.29, 1.82) is 0 Å². The second kappa shape index (κ2) is 4.35. The van der Waals surface area contributed by atoms with Gasteiger partial charge in [0, 0.05) is 18.1 Å². The van der Waals surface area contributed by atoms with E-state index in [1.165, 1.54) is 13.2 Å². The van der Waals surface area contributed by atoms with Crippen molar-refractivity contribution in [2.45, 2.75) is 6.42 Å². The van der Waals surface area contributed by atoms with Crippen molar-refractivity contribution in [1.82, 2.24) is 0 Å². The Balaban J connectivity index is 3.06. The summed E-state index contributed by atoms with van der Waals surface area (Å²) in [6.45, 7) is 0. The molecule has 0 aliphatic heterocycles. The van der Waals surface area contributed by atoms with Crippen LogP contribution in [-0.2, 0) is 11.2 Å². The molecule has 0 saturated carbocycles. The van der Waals surface area contributed by atoms with E-state index in [1.54, 1.807) is 12.1 Å². The molecule has 1 rings (SSSR count). The summed E-state index contributed by atoms with van der Waals surface area (Å²) < 4.78 is 4.98. The van der Waals surface area contributed by atoms with Crippen molar-refractivity contribution in [3.8, 4) is 5.75 Å². The number of ether oxygens (including phenoxy) is 1. The monoisotopic (exact) mass is 179 g/mol. The van der Waals surface area contributed by atoms with Crippen LogP contribution in [0.2, 0.25) is 0 Å². The molecule has 0 aliphatic rings. The van der Waals surface area contributed by atoms with Gasteiger partial charge in [0.25, 0.3) is 0 Å². The molecule has 0 spiro atoms. The smallest absolute Gasteiger partial charge is 0.124 e. The third kappa shape index (κ3) is 2.11. The van der Waals surface area contributed by atoms with Crippen LogP contribution in [0.1, 0.15) is 5.56 Å². The largest absolute Gasteiger partial charge is 0.496 e. The van der Waals surface area contributed by atoms with Crippen molar-refractivity contribution >= 4 is 12.0 Å². The van der Waals surface area contributed by atoms with Gasteiger partial charge in [-0.3, -0.25) is 0 Å². The molecule has 1 aromatic rings. The van der Waals surface area contributed by atoms with E-state index < -0.39 is 0 Å². The number of hydrogen-bond donors (Lipinski definition) is 0. The maximum absolute atomic E-state index is 10.3. The Morgan fingerprint density at radius 2 is 2.31 bits per heavy atom. The predicted octanol–water partition coefficient (Wildman–Crippen LogP) is 1.83. The summed E-state index contributed by atoms with van der Waals surface area (Å²) in [4.78, 5) is 20.4. The number of rotatable bonds is 4. The number of aldehydes is 1. The highest BCUT2D eigenvalue weighted by Gasteiger charge is 2.03. The first-order chi connectivity index (χ1) is 6.31. The van der Waals surface area contributed by atoms with Crippen LogP contribution in [0.4, 0.5) is 5.69 Å². The van der Waals surface area contributed by atoms with Crippen molar-refractivity contribution in [2.75, 3.05) is 7.11 Å². The summed E-state index contributed by atoms with van der Waals surface area (Å²) in [7, 11) is 1.48. The normalized spacial score (nSPS) is 9.31. The lowest BCUT2D eigenvalue weighted by Gasteiger charge is -2.04. The van der Waals surface area contributed by atoms with E-state index >= 15 is 0 Å². The molecule has 0 unspecified atom stereocenters. The van der Waals surface area contributed by atoms with Gasteiger partial charge >= 0.3 is 0 Å². The number of methoxy groups -OCH3 is 1. The Morgan fingerprint density at radius 1 is 1.54 bits per heavy atom. The quantitative estimate of drug-likeness (QED) is 0.523. The van der Waals surface area contributed by atoms with Crippen LogP contribution in [0.3, 0.4) is 0 Å². The molecule has 4 nitrogen and oxygen atoms in total. The molecular weight excluding hydrogens is 170 g/mol. The van der Waals surface area contributed by atoms with Gasteiger partial charge in [-0.15, -0.1) is 4.91 Å². The Bertz CT molecular complexity index is 323. The first-order valence-electron chi connectivity index (χ1n) is 3.75. The van der Waals surface area contributed by atoms with E-state index in [4.69, 9.17) is 4.74 Å². The molecule has 0 aliphatic carbocycles. The summed E-state index contributed by atoms with van der Waals surface area (Å²) in [6.07, 6.45) is 1.06. The summed E-state index contributed by atoms with van der Waals surface area (Å²) in [5, 5.41) is 2.76. The molecule has 0 atom stereocenters. The number of carbonyl (C=O) groups is 1. The topological polar surface area (TPSA) is 55.7 Å². The molecule has 4 heteroatoms. The summed E-state index contributed by atoms with van der Waals surface area (Å²) in [6, 6.07) is 4.71. The Hall–Kier alpha value is -1.71. The maximum atomic E-state index is 10.3. The van der Waals surface area contributed by atoms with Crippen LogP contribution in [0, 0.1) is 4.91 Å². The predicted molar refractivity (Wildman–Crippen MR) is 48.2 cm³/mol. The summed E-state index contributed by atoms with van der Waals surface area (Å²) in [5.41, 5.74) is 1.05. The molecule has 68 valence electrons. The van der Waals surface area contributed by atoms with Gasteiger partial charge in [-0.1, -0.05) is 6.07 Å². The molecule has 0 aromatic heterocycles. The second-order valence-electron chi connectivity index (χ2n) is 2.46. The number of nitrogens with zero attached hydrogens (tertiary/aromatic N) is 1. The fraction of sp³-hybridized carbons (Fsp3) is 0.222. The number of hydrogen-bond acceptors (Lipinski definition) is 4. The Morgan fingerprint density at radius 3 is 2.85 bits per heavy atom. The van der Waals surface area contributed by atoms with Crippen LogP contribution in [0.5, 0.6) is 5.75 Å². The number of nitroso groups, excluding NO2 is 1. The first-order valence-corrected chi connectivity index (χ1v) is 3.75. The van der Waals surface area contributed by atoms with Gasteiger partial charge in [-0.05, 0) is 11.2 Å². The standard InChI is InChI=1S/C9H9NO3/c1-13-9-6-8(10-12)3-2-7(9)4-5-11/h2-3,5-6H,4H2,1H3. The minimum Gasteiger partial charge on any atom is -0.496 e. The molecule has 0 heterocycles. The third-order valence-corrected chi connectivity index (χ3v) is 1.68. The molecule has 0 fully saturated rings. The summed E-state index contributed by atoms with van der Waals surface area (Å²) >= 11 is 0. The molecule has 1 aromatic carbocycles. The van der Waals surface area contributed by atoms with Crippen LogP contribution >= 0.6 is 0 Å². The van der Waals surface area contributed by atoms with Gasteiger partial charge < -0.3 is 9.53 Å². The van der Waals surface area contributed by atoms with Gasteiger partial charge in [-0.2, -0.15) is 0 Å². The van der Waals surface area contributed by atoms with Crippen LogP contribution < -0.4 is 4.74 Å². The average Bonchev–Trinajstić information content (AvgIpc) is 2.19. The molecule has 0 radical (unpaired) electrons. The van der Waals surface area contributed by atoms with E-state index in [1.807, 2.05) is 0 Å². The van der Waals surface area contributed by atoms with Crippen LogP contribution in [0.15, 0.2) is 23.4 Å². The highest BCUT2D eigenvalue weighted by molar-refractivity contribution is 5.59. The Kier molecular flexibility index (Phi) is 3.14. The van der Waals surface area contributed by atoms with E-state index in [0.29, 0.717) is 11.4 Å². The lowest BCUT2D eigenvalue weighted by atomic mass is 10.1. The lowest BCUT2D eigenvalue weighted by molar-refractivity contribution is -0.107. The fourth-order valence-electron chi connectivity index (χ4n) is 1.05. The zero-order chi connectivity index (χ0) is 9.68. The molecule has 0 saturated heterocycles. The molecule has 0 N–H and O–H groups in total. The number of carbonyl (C=O) groups excluding carboxylic acids is 1. The zero-order valence-corrected chi connectivity index (χ0v) is 7.19. The van der Waals surface area contributed by atoms with Crippen molar-refractivity contribution in [2.24, 2.45) is 5.18 Å². The lowest BCUT2D eigenvalue weighted by Crippen LogP contribution is -1.92. The van der Waals surface area contributed by atoms with E-state index in [9.17, 15) is 9.70 Å². The van der Waals surface area contributed by atoms with Crippen molar-refractivity contribution in [3.05, 3.63) is 28.7 Å². The third-order valence-electron chi connectivity index (χ3n) is 1.68. The van der Waals surface area contributed by atoms with Gasteiger partial charge in [-0.25, -0.2) is 0 Å². The van der Waals surface area contributed by atoms with Crippen molar-refractivity contribution < 1.29 is 9.53 Å². The van der Waals surface area contributed by atoms with Gasteiger partial charge in [0.2, 0.25) is 0 Å². The molecule has 0 bridgehead atoms. The average molecular weight is 179 g/mol. The van der Waals surface area contributed by atoms with E-state index in [2.05, 4.69) is 5.18 Å². The number of benzene rings is 1. The van der Waals surface area contributed by atoms with E-state index in [0.717, 1.165) is 11.8 Å². The highest BCUT2D eigenvalue weighted by Crippen LogP contribution is 2.24.